The number of benzene rings is 1. The fourth-order valence-corrected chi connectivity index (χ4v) is 4.54. The second-order valence-electron chi connectivity index (χ2n) is 6.61. The first-order chi connectivity index (χ1) is 14.2. The third-order valence-electron chi connectivity index (χ3n) is 4.54. The van der Waals surface area contributed by atoms with E-state index in [1.165, 1.54) is 19.1 Å². The van der Waals surface area contributed by atoms with Gasteiger partial charge in [0.2, 0.25) is 5.88 Å². The second-order valence-corrected chi connectivity index (χ2v) is 9.36. The van der Waals surface area contributed by atoms with Crippen molar-refractivity contribution in [3.8, 4) is 5.88 Å². The summed E-state index contributed by atoms with van der Waals surface area (Å²) in [6, 6.07) is 2.50. The molecule has 0 fully saturated rings. The van der Waals surface area contributed by atoms with Gasteiger partial charge in [0.1, 0.15) is 10.6 Å². The summed E-state index contributed by atoms with van der Waals surface area (Å²) in [6.07, 6.45) is 0.369. The van der Waals surface area contributed by atoms with E-state index < -0.39 is 47.2 Å². The monoisotopic (exact) mass is 474 g/mol. The van der Waals surface area contributed by atoms with Gasteiger partial charge in [-0.15, -0.1) is 10.2 Å². The minimum absolute atomic E-state index is 0.155. The van der Waals surface area contributed by atoms with Gasteiger partial charge >= 0.3 is 0 Å². The number of aryl methyl sites for hydroxylation is 1. The molecule has 1 aromatic carbocycles. The normalized spacial score (nSPS) is 12.6. The van der Waals surface area contributed by atoms with E-state index in [4.69, 9.17) is 5.73 Å². The Morgan fingerprint density at radius 1 is 1.06 bits per heavy atom. The number of hydrogen-bond acceptors (Lipinski definition) is 9. The Labute approximate surface area is 178 Å². The van der Waals surface area contributed by atoms with Gasteiger partial charge in [-0.1, -0.05) is 0 Å². The lowest BCUT2D eigenvalue weighted by molar-refractivity contribution is 0.387. The molecule has 0 radical (unpaired) electrons. The third kappa shape index (κ3) is 4.99. The van der Waals surface area contributed by atoms with Gasteiger partial charge in [-0.05, 0) is 57.0 Å². The molecule has 2 aromatic rings. The summed E-state index contributed by atoms with van der Waals surface area (Å²) in [7, 11) is -9.64. The number of nitrogens with two attached hydrogens (primary N) is 1. The molecular formula is C17H22N4O8S2. The number of aromatic nitrogens is 1. The number of hydrogen-bond donors (Lipinski definition) is 4. The van der Waals surface area contributed by atoms with Crippen molar-refractivity contribution in [2.24, 2.45) is 16.0 Å². The summed E-state index contributed by atoms with van der Waals surface area (Å²) < 4.78 is 66.6. The maximum Gasteiger partial charge on any atom is 0.300 e. The van der Waals surface area contributed by atoms with Gasteiger partial charge in [0.15, 0.2) is 10.6 Å². The van der Waals surface area contributed by atoms with Crippen LogP contribution in [0.5, 0.6) is 5.88 Å². The summed E-state index contributed by atoms with van der Waals surface area (Å²) in [6.45, 7) is 4.27. The van der Waals surface area contributed by atoms with Gasteiger partial charge in [0.25, 0.3) is 25.8 Å². The molecule has 1 aromatic heterocycles. The van der Waals surface area contributed by atoms with Crippen molar-refractivity contribution in [2.75, 3.05) is 6.54 Å². The lowest BCUT2D eigenvalue weighted by Gasteiger charge is -2.13. The molecule has 0 aliphatic carbocycles. The summed E-state index contributed by atoms with van der Waals surface area (Å²) in [5.41, 5.74) is 4.53. The summed E-state index contributed by atoms with van der Waals surface area (Å²) in [4.78, 5) is 11.1. The predicted octanol–water partition coefficient (Wildman–Crippen LogP) is 1.60. The molecule has 0 atom stereocenters. The van der Waals surface area contributed by atoms with E-state index in [-0.39, 0.29) is 24.3 Å². The van der Waals surface area contributed by atoms with Gasteiger partial charge in [0.05, 0.1) is 0 Å². The Bertz CT molecular complexity index is 1330. The molecule has 0 aliphatic rings. The largest absolute Gasteiger partial charge is 0.493 e. The molecule has 0 saturated heterocycles. The zero-order valence-electron chi connectivity index (χ0n) is 16.9. The summed E-state index contributed by atoms with van der Waals surface area (Å²) in [5, 5.41) is 17.6. The first-order valence-electron chi connectivity index (χ1n) is 8.90. The maximum absolute atomic E-state index is 12.6. The zero-order valence-corrected chi connectivity index (χ0v) is 18.5. The molecule has 0 saturated carbocycles. The van der Waals surface area contributed by atoms with Crippen molar-refractivity contribution in [1.82, 2.24) is 4.57 Å². The van der Waals surface area contributed by atoms with Crippen molar-refractivity contribution in [3.63, 3.8) is 0 Å². The standard InChI is InChI=1S/C17H22N4O8S2/c1-4-21-16(22)14(10(3)15(17(21)23)31(27,28)29)20-19-12-8-11(5-6-18)9(2)7-13(12)30(24,25)26/h7-8,23H,4-6,18H2,1-3H3,(H,24,25,26)(H,27,28,29). The molecule has 31 heavy (non-hydrogen) atoms. The van der Waals surface area contributed by atoms with Crippen LogP contribution in [0, 0.1) is 13.8 Å². The van der Waals surface area contributed by atoms with Gasteiger partial charge in [-0.25, -0.2) is 0 Å². The summed E-state index contributed by atoms with van der Waals surface area (Å²) >= 11 is 0. The van der Waals surface area contributed by atoms with Crippen LogP contribution >= 0.6 is 0 Å². The molecule has 0 aliphatic heterocycles. The Kier molecular flexibility index (Phi) is 7.02. The quantitative estimate of drug-likeness (QED) is 0.339. The average Bonchev–Trinajstić information content (AvgIpc) is 2.62. The second kappa shape index (κ2) is 8.84. The predicted molar refractivity (Wildman–Crippen MR) is 111 cm³/mol. The van der Waals surface area contributed by atoms with Crippen LogP contribution in [-0.2, 0) is 33.2 Å². The minimum Gasteiger partial charge on any atom is -0.493 e. The van der Waals surface area contributed by atoms with Crippen LogP contribution in [0.15, 0.2) is 36.9 Å². The van der Waals surface area contributed by atoms with Crippen LogP contribution in [0.4, 0.5) is 11.4 Å². The van der Waals surface area contributed by atoms with Gasteiger partial charge in [-0.2, -0.15) is 16.8 Å². The maximum atomic E-state index is 12.6. The molecule has 0 unspecified atom stereocenters. The van der Waals surface area contributed by atoms with E-state index in [0.717, 1.165) is 6.92 Å². The van der Waals surface area contributed by atoms with Crippen LogP contribution in [0.3, 0.4) is 0 Å². The topological polar surface area (TPSA) is 202 Å². The average molecular weight is 475 g/mol. The Morgan fingerprint density at radius 2 is 1.68 bits per heavy atom. The van der Waals surface area contributed by atoms with Crippen molar-refractivity contribution >= 4 is 31.6 Å². The third-order valence-corrected chi connectivity index (χ3v) is 6.43. The van der Waals surface area contributed by atoms with Crippen LogP contribution < -0.4 is 11.3 Å². The van der Waals surface area contributed by atoms with Gasteiger partial charge < -0.3 is 10.8 Å². The Morgan fingerprint density at radius 3 is 2.16 bits per heavy atom. The molecular weight excluding hydrogens is 452 g/mol. The molecule has 5 N–H and O–H groups in total. The van der Waals surface area contributed by atoms with Crippen molar-refractivity contribution in [1.29, 1.82) is 0 Å². The van der Waals surface area contributed by atoms with E-state index >= 15 is 0 Å². The Hall–Kier alpha value is -2.65. The Balaban J connectivity index is 2.85. The molecule has 2 rings (SSSR count). The van der Waals surface area contributed by atoms with Crippen LogP contribution in [-0.4, -0.2) is 42.2 Å². The molecule has 12 nitrogen and oxygen atoms in total. The van der Waals surface area contributed by atoms with Gasteiger partial charge in [-0.3, -0.25) is 18.5 Å². The lowest BCUT2D eigenvalue weighted by atomic mass is 10.1. The molecule has 0 amide bonds. The smallest absolute Gasteiger partial charge is 0.300 e. The highest BCUT2D eigenvalue weighted by Crippen LogP contribution is 2.33. The molecule has 0 spiro atoms. The number of nitrogens with zero attached hydrogens (tertiary/aromatic N) is 3. The van der Waals surface area contributed by atoms with Crippen molar-refractivity contribution in [2.45, 2.75) is 43.5 Å². The number of azo groups is 1. The van der Waals surface area contributed by atoms with E-state index in [1.807, 2.05) is 0 Å². The van der Waals surface area contributed by atoms with Gasteiger partial charge in [0, 0.05) is 12.1 Å². The SMILES string of the molecule is CCn1c(O)c(S(=O)(=O)O)c(C)c(N=Nc2cc(CCN)c(C)cc2S(=O)(=O)O)c1=O. The van der Waals surface area contributed by atoms with Crippen LogP contribution in [0.2, 0.25) is 0 Å². The fraction of sp³-hybridized carbons (Fsp3) is 0.353. The lowest BCUT2D eigenvalue weighted by Crippen LogP contribution is -2.22. The van der Waals surface area contributed by atoms with Crippen molar-refractivity contribution in [3.05, 3.63) is 39.2 Å². The van der Waals surface area contributed by atoms with E-state index in [1.54, 1.807) is 6.92 Å². The van der Waals surface area contributed by atoms with E-state index in [2.05, 4.69) is 10.2 Å². The minimum atomic E-state index is -4.93. The van der Waals surface area contributed by atoms with E-state index in [0.29, 0.717) is 22.1 Å². The highest BCUT2D eigenvalue weighted by atomic mass is 32.2. The van der Waals surface area contributed by atoms with Crippen LogP contribution in [0.25, 0.3) is 0 Å². The number of pyridine rings is 1. The molecule has 170 valence electrons. The number of rotatable bonds is 7. The highest BCUT2D eigenvalue weighted by molar-refractivity contribution is 7.86. The first-order valence-corrected chi connectivity index (χ1v) is 11.8. The highest BCUT2D eigenvalue weighted by Gasteiger charge is 2.27. The number of aromatic hydroxyl groups is 1. The summed E-state index contributed by atoms with van der Waals surface area (Å²) in [5.74, 6) is -0.967. The zero-order chi connectivity index (χ0) is 23.7. The van der Waals surface area contributed by atoms with Crippen molar-refractivity contribution < 1.29 is 31.0 Å². The van der Waals surface area contributed by atoms with E-state index in [9.17, 15) is 35.8 Å². The van der Waals surface area contributed by atoms with Crippen LogP contribution in [0.1, 0.15) is 23.6 Å². The molecule has 14 heteroatoms. The fourth-order valence-electron chi connectivity index (χ4n) is 3.03. The molecule has 1 heterocycles. The molecule has 0 bridgehead atoms. The first kappa shape index (κ1) is 24.6.